The highest BCUT2D eigenvalue weighted by Gasteiger charge is 2.08. The number of nitrogens with zero attached hydrogens (tertiary/aromatic N) is 1. The molecule has 2 rings (SSSR count). The third-order valence-electron chi connectivity index (χ3n) is 2.02. The maximum absolute atomic E-state index is 11.1. The first-order chi connectivity index (χ1) is 6.18. The number of hydrogen-bond donors (Lipinski definition) is 2. The largest absolute Gasteiger partial charge is 0.319 e. The lowest BCUT2D eigenvalue weighted by molar-refractivity contribution is 0.815. The molecule has 2 heterocycles. The number of fused-ring (bicyclic) bond motifs is 1. The van der Waals surface area contributed by atoms with E-state index in [1.807, 2.05) is 13.8 Å². The standard InChI is InChI=1S/C9H11N3O/c1-5(2)8-9-6(11-12-8)3-4-7(13)10-9/h3-5H,1-2H3,(H,10,13)(H,11,12). The van der Waals surface area contributed by atoms with Gasteiger partial charge in [0.15, 0.2) is 0 Å². The number of nitrogens with one attached hydrogen (secondary N) is 2. The second-order valence-electron chi connectivity index (χ2n) is 3.37. The second kappa shape index (κ2) is 2.73. The normalized spacial score (nSPS) is 11.3. The average Bonchev–Trinajstić information content (AvgIpc) is 2.46. The minimum atomic E-state index is -0.0872. The summed E-state index contributed by atoms with van der Waals surface area (Å²) in [6.45, 7) is 4.09. The van der Waals surface area contributed by atoms with E-state index in [-0.39, 0.29) is 5.56 Å². The summed E-state index contributed by atoms with van der Waals surface area (Å²) in [5.74, 6) is 0.312. The monoisotopic (exact) mass is 177 g/mol. The molecular weight excluding hydrogens is 166 g/mol. The molecular formula is C9H11N3O. The fraction of sp³-hybridized carbons (Fsp3) is 0.333. The van der Waals surface area contributed by atoms with Gasteiger partial charge in [0.1, 0.15) is 0 Å². The summed E-state index contributed by atoms with van der Waals surface area (Å²) in [6.07, 6.45) is 0. The van der Waals surface area contributed by atoms with Gasteiger partial charge in [-0.15, -0.1) is 0 Å². The minimum Gasteiger partial charge on any atom is -0.319 e. The predicted octanol–water partition coefficient (Wildman–Crippen LogP) is 1.37. The Kier molecular flexibility index (Phi) is 1.69. The van der Waals surface area contributed by atoms with Gasteiger partial charge in [-0.25, -0.2) is 0 Å². The van der Waals surface area contributed by atoms with Crippen molar-refractivity contribution in [2.45, 2.75) is 19.8 Å². The quantitative estimate of drug-likeness (QED) is 0.691. The molecule has 0 aromatic carbocycles. The number of pyridine rings is 1. The van der Waals surface area contributed by atoms with Crippen molar-refractivity contribution in [2.75, 3.05) is 0 Å². The van der Waals surface area contributed by atoms with E-state index in [2.05, 4.69) is 15.2 Å². The molecule has 2 aromatic rings. The fourth-order valence-electron chi connectivity index (χ4n) is 1.36. The van der Waals surface area contributed by atoms with E-state index in [9.17, 15) is 4.79 Å². The Morgan fingerprint density at radius 3 is 2.85 bits per heavy atom. The Hall–Kier alpha value is -1.58. The van der Waals surface area contributed by atoms with E-state index >= 15 is 0 Å². The number of hydrogen-bond acceptors (Lipinski definition) is 2. The number of H-pyrrole nitrogens is 2. The summed E-state index contributed by atoms with van der Waals surface area (Å²) in [4.78, 5) is 13.8. The molecule has 0 aliphatic carbocycles. The lowest BCUT2D eigenvalue weighted by Gasteiger charge is -1.98. The van der Waals surface area contributed by atoms with Crippen LogP contribution in [0.25, 0.3) is 11.0 Å². The van der Waals surface area contributed by atoms with Gasteiger partial charge in [-0.2, -0.15) is 5.10 Å². The molecule has 0 atom stereocenters. The van der Waals surface area contributed by atoms with Gasteiger partial charge in [-0.3, -0.25) is 9.89 Å². The van der Waals surface area contributed by atoms with E-state index in [1.54, 1.807) is 6.07 Å². The summed E-state index contributed by atoms with van der Waals surface area (Å²) < 4.78 is 0. The third-order valence-corrected chi connectivity index (χ3v) is 2.02. The van der Waals surface area contributed by atoms with Gasteiger partial charge in [-0.05, 0) is 12.0 Å². The van der Waals surface area contributed by atoms with Crippen LogP contribution < -0.4 is 5.56 Å². The first-order valence-electron chi connectivity index (χ1n) is 4.26. The molecule has 2 N–H and O–H groups in total. The molecule has 0 fully saturated rings. The van der Waals surface area contributed by atoms with Crippen molar-refractivity contribution in [2.24, 2.45) is 0 Å². The van der Waals surface area contributed by atoms with Crippen molar-refractivity contribution in [3.8, 4) is 0 Å². The number of aromatic nitrogens is 3. The van der Waals surface area contributed by atoms with Crippen LogP contribution in [0.2, 0.25) is 0 Å². The smallest absolute Gasteiger partial charge is 0.248 e. The maximum atomic E-state index is 11.1. The highest BCUT2D eigenvalue weighted by molar-refractivity contribution is 5.76. The molecule has 0 unspecified atom stereocenters. The summed E-state index contributed by atoms with van der Waals surface area (Å²) in [5, 5.41) is 7.02. The predicted molar refractivity (Wildman–Crippen MR) is 50.8 cm³/mol. The van der Waals surface area contributed by atoms with Gasteiger partial charge in [-0.1, -0.05) is 13.8 Å². The fourth-order valence-corrected chi connectivity index (χ4v) is 1.36. The molecule has 4 heteroatoms. The first kappa shape index (κ1) is 8.04. The Morgan fingerprint density at radius 2 is 2.15 bits per heavy atom. The number of aromatic amines is 2. The van der Waals surface area contributed by atoms with Gasteiger partial charge in [0, 0.05) is 6.07 Å². The SMILES string of the molecule is CC(C)c1n[nH]c2ccc(=O)[nH]c12. The van der Waals surface area contributed by atoms with Gasteiger partial charge in [0.25, 0.3) is 0 Å². The molecule has 0 radical (unpaired) electrons. The van der Waals surface area contributed by atoms with Crippen LogP contribution in [0.15, 0.2) is 16.9 Å². The summed E-state index contributed by atoms with van der Waals surface area (Å²) in [7, 11) is 0. The lowest BCUT2D eigenvalue weighted by Crippen LogP contribution is -2.03. The maximum Gasteiger partial charge on any atom is 0.248 e. The van der Waals surface area contributed by atoms with Crippen LogP contribution in [-0.4, -0.2) is 15.2 Å². The van der Waals surface area contributed by atoms with Crippen molar-refractivity contribution in [1.82, 2.24) is 15.2 Å². The van der Waals surface area contributed by atoms with E-state index < -0.39 is 0 Å². The molecule has 0 bridgehead atoms. The van der Waals surface area contributed by atoms with Crippen LogP contribution in [0.1, 0.15) is 25.5 Å². The zero-order chi connectivity index (χ0) is 9.42. The molecule has 13 heavy (non-hydrogen) atoms. The van der Waals surface area contributed by atoms with Crippen molar-refractivity contribution in [3.63, 3.8) is 0 Å². The molecule has 0 saturated carbocycles. The van der Waals surface area contributed by atoms with E-state index in [0.717, 1.165) is 16.7 Å². The Balaban J connectivity index is 2.79. The van der Waals surface area contributed by atoms with Crippen LogP contribution in [0.5, 0.6) is 0 Å². The summed E-state index contributed by atoms with van der Waals surface area (Å²) >= 11 is 0. The van der Waals surface area contributed by atoms with E-state index in [0.29, 0.717) is 5.92 Å². The van der Waals surface area contributed by atoms with Gasteiger partial charge in [0.2, 0.25) is 5.56 Å². The van der Waals surface area contributed by atoms with E-state index in [4.69, 9.17) is 0 Å². The summed E-state index contributed by atoms with van der Waals surface area (Å²) in [6, 6.07) is 3.23. The highest BCUT2D eigenvalue weighted by Crippen LogP contribution is 2.18. The van der Waals surface area contributed by atoms with Gasteiger partial charge >= 0.3 is 0 Å². The van der Waals surface area contributed by atoms with Crippen LogP contribution in [0, 0.1) is 0 Å². The minimum absolute atomic E-state index is 0.0872. The van der Waals surface area contributed by atoms with Crippen LogP contribution in [0.3, 0.4) is 0 Å². The second-order valence-corrected chi connectivity index (χ2v) is 3.37. The van der Waals surface area contributed by atoms with Crippen molar-refractivity contribution in [3.05, 3.63) is 28.2 Å². The first-order valence-corrected chi connectivity index (χ1v) is 4.26. The Bertz CT molecular complexity index is 481. The van der Waals surface area contributed by atoms with Gasteiger partial charge in [0.05, 0.1) is 16.7 Å². The number of rotatable bonds is 1. The molecule has 2 aromatic heterocycles. The van der Waals surface area contributed by atoms with Crippen molar-refractivity contribution in [1.29, 1.82) is 0 Å². The van der Waals surface area contributed by atoms with Crippen molar-refractivity contribution >= 4 is 11.0 Å². The summed E-state index contributed by atoms with van der Waals surface area (Å²) in [5.41, 5.74) is 2.52. The topological polar surface area (TPSA) is 61.5 Å². The van der Waals surface area contributed by atoms with Crippen molar-refractivity contribution < 1.29 is 0 Å². The Morgan fingerprint density at radius 1 is 1.38 bits per heavy atom. The highest BCUT2D eigenvalue weighted by atomic mass is 16.1. The van der Waals surface area contributed by atoms with Gasteiger partial charge < -0.3 is 4.98 Å². The van der Waals surface area contributed by atoms with Crippen LogP contribution in [-0.2, 0) is 0 Å². The lowest BCUT2D eigenvalue weighted by atomic mass is 10.1. The molecule has 0 amide bonds. The molecule has 68 valence electrons. The molecule has 0 aliphatic heterocycles. The Labute approximate surface area is 75.0 Å². The molecule has 0 saturated heterocycles. The zero-order valence-corrected chi connectivity index (χ0v) is 7.59. The molecule has 0 aliphatic rings. The zero-order valence-electron chi connectivity index (χ0n) is 7.59. The molecule has 4 nitrogen and oxygen atoms in total. The van der Waals surface area contributed by atoms with Crippen LogP contribution >= 0.6 is 0 Å². The van der Waals surface area contributed by atoms with E-state index in [1.165, 1.54) is 6.07 Å². The average molecular weight is 177 g/mol. The third kappa shape index (κ3) is 1.24. The molecule has 0 spiro atoms. The van der Waals surface area contributed by atoms with Crippen LogP contribution in [0.4, 0.5) is 0 Å².